The number of benzene rings is 1. The summed E-state index contributed by atoms with van der Waals surface area (Å²) in [5.41, 5.74) is 1.90. The number of thioether (sulfide) groups is 1. The molecule has 0 bridgehead atoms. The van der Waals surface area contributed by atoms with Crippen LogP contribution >= 0.6 is 11.8 Å². The normalized spacial score (nSPS) is 16.8. The van der Waals surface area contributed by atoms with Crippen molar-refractivity contribution in [2.75, 3.05) is 12.9 Å². The summed E-state index contributed by atoms with van der Waals surface area (Å²) in [4.78, 5) is 29.4. The van der Waals surface area contributed by atoms with Crippen LogP contribution in [0, 0.1) is 0 Å². The van der Waals surface area contributed by atoms with Gasteiger partial charge in [-0.3, -0.25) is 14.6 Å². The summed E-state index contributed by atoms with van der Waals surface area (Å²) in [7, 11) is 1.52. The highest BCUT2D eigenvalue weighted by Gasteiger charge is 2.33. The predicted molar refractivity (Wildman–Crippen MR) is 94.3 cm³/mol. The van der Waals surface area contributed by atoms with Crippen molar-refractivity contribution in [2.24, 2.45) is 0 Å². The molecule has 7 heteroatoms. The number of carbonyl (C=O) groups excluding carboxylic acids is 2. The Labute approximate surface area is 150 Å². The Bertz CT molecular complexity index is 782. The minimum absolute atomic E-state index is 0.0851. The van der Waals surface area contributed by atoms with Crippen molar-refractivity contribution in [3.63, 3.8) is 0 Å². The van der Waals surface area contributed by atoms with Gasteiger partial charge in [-0.2, -0.15) is 0 Å². The van der Waals surface area contributed by atoms with Crippen LogP contribution in [0.2, 0.25) is 0 Å². The molecule has 1 aliphatic rings. The van der Waals surface area contributed by atoms with E-state index in [0.717, 1.165) is 11.1 Å². The van der Waals surface area contributed by atoms with E-state index in [1.807, 2.05) is 29.2 Å². The number of methoxy groups -OCH3 is 1. The van der Waals surface area contributed by atoms with Crippen molar-refractivity contribution in [2.45, 2.75) is 18.8 Å². The van der Waals surface area contributed by atoms with Crippen molar-refractivity contribution in [3.05, 3.63) is 53.9 Å². The summed E-state index contributed by atoms with van der Waals surface area (Å²) >= 11 is 1.56. The van der Waals surface area contributed by atoms with Crippen LogP contribution in [0.3, 0.4) is 0 Å². The molecule has 0 N–H and O–H groups in total. The van der Waals surface area contributed by atoms with E-state index in [9.17, 15) is 9.59 Å². The number of esters is 1. The van der Waals surface area contributed by atoms with Crippen LogP contribution in [0.5, 0.6) is 11.5 Å². The summed E-state index contributed by atoms with van der Waals surface area (Å²) in [6.45, 7) is 1.84. The second-order valence-corrected chi connectivity index (χ2v) is 6.62. The van der Waals surface area contributed by atoms with E-state index in [2.05, 4.69) is 4.98 Å². The Balaban J connectivity index is 1.86. The molecule has 0 aliphatic carbocycles. The van der Waals surface area contributed by atoms with E-state index in [1.54, 1.807) is 30.2 Å². The standard InChI is InChI=1S/C18H18N2O4S/c1-12(21)24-15-6-5-14(8-16(15)23-2)18-20(17(22)11-25-18)10-13-4-3-7-19-9-13/h3-9,18H,10-11H2,1-2H3. The van der Waals surface area contributed by atoms with Gasteiger partial charge in [0.05, 0.1) is 12.9 Å². The third kappa shape index (κ3) is 3.93. The number of hydrogen-bond acceptors (Lipinski definition) is 6. The highest BCUT2D eigenvalue weighted by atomic mass is 32.2. The average Bonchev–Trinajstić information content (AvgIpc) is 2.96. The predicted octanol–water partition coefficient (Wildman–Crippen LogP) is 2.79. The lowest BCUT2D eigenvalue weighted by Crippen LogP contribution is -2.27. The van der Waals surface area contributed by atoms with Gasteiger partial charge in [-0.1, -0.05) is 12.1 Å². The van der Waals surface area contributed by atoms with Gasteiger partial charge in [-0.15, -0.1) is 11.8 Å². The second-order valence-electron chi connectivity index (χ2n) is 5.55. The number of rotatable bonds is 5. The zero-order valence-electron chi connectivity index (χ0n) is 14.0. The summed E-state index contributed by atoms with van der Waals surface area (Å²) in [5.74, 6) is 0.941. The van der Waals surface area contributed by atoms with Crippen LogP contribution < -0.4 is 9.47 Å². The van der Waals surface area contributed by atoms with Gasteiger partial charge in [0.15, 0.2) is 11.5 Å². The van der Waals surface area contributed by atoms with Crippen molar-refractivity contribution < 1.29 is 19.1 Å². The van der Waals surface area contributed by atoms with E-state index in [4.69, 9.17) is 9.47 Å². The minimum Gasteiger partial charge on any atom is -0.493 e. The Morgan fingerprint density at radius 2 is 2.20 bits per heavy atom. The van der Waals surface area contributed by atoms with Crippen molar-refractivity contribution in [1.29, 1.82) is 0 Å². The molecule has 0 spiro atoms. The van der Waals surface area contributed by atoms with E-state index in [0.29, 0.717) is 23.8 Å². The molecule has 1 unspecified atom stereocenters. The maximum atomic E-state index is 12.3. The number of carbonyl (C=O) groups is 2. The first kappa shape index (κ1) is 17.3. The first-order chi connectivity index (χ1) is 12.1. The number of ether oxygens (including phenoxy) is 2. The van der Waals surface area contributed by atoms with Gasteiger partial charge in [-0.05, 0) is 29.3 Å². The molecule has 130 valence electrons. The molecule has 1 amide bonds. The summed E-state index contributed by atoms with van der Waals surface area (Å²) in [5, 5.41) is -0.118. The maximum absolute atomic E-state index is 12.3. The van der Waals surface area contributed by atoms with Crippen LogP contribution in [-0.4, -0.2) is 34.6 Å². The minimum atomic E-state index is -0.408. The van der Waals surface area contributed by atoms with Gasteiger partial charge in [0.1, 0.15) is 5.37 Å². The van der Waals surface area contributed by atoms with Gasteiger partial charge >= 0.3 is 5.97 Å². The molecule has 1 aliphatic heterocycles. The molecule has 3 rings (SSSR count). The van der Waals surface area contributed by atoms with Gasteiger partial charge < -0.3 is 14.4 Å². The lowest BCUT2D eigenvalue weighted by atomic mass is 10.1. The smallest absolute Gasteiger partial charge is 0.308 e. The number of nitrogens with zero attached hydrogens (tertiary/aromatic N) is 2. The van der Waals surface area contributed by atoms with Crippen molar-refractivity contribution >= 4 is 23.6 Å². The fourth-order valence-electron chi connectivity index (χ4n) is 2.67. The Kier molecular flexibility index (Phi) is 5.23. The second kappa shape index (κ2) is 7.57. The fraction of sp³-hybridized carbons (Fsp3) is 0.278. The van der Waals surface area contributed by atoms with E-state index in [-0.39, 0.29) is 11.3 Å². The van der Waals surface area contributed by atoms with Crippen LogP contribution in [0.4, 0.5) is 0 Å². The van der Waals surface area contributed by atoms with E-state index >= 15 is 0 Å². The molecule has 1 saturated heterocycles. The molecule has 1 fully saturated rings. The quantitative estimate of drug-likeness (QED) is 0.605. The third-order valence-corrected chi connectivity index (χ3v) is 5.03. The topological polar surface area (TPSA) is 68.7 Å². The Morgan fingerprint density at radius 3 is 2.88 bits per heavy atom. The third-order valence-electron chi connectivity index (χ3n) is 3.77. The van der Waals surface area contributed by atoms with Gasteiger partial charge in [0.2, 0.25) is 5.91 Å². The Hall–Kier alpha value is -2.54. The maximum Gasteiger partial charge on any atom is 0.308 e. The van der Waals surface area contributed by atoms with Gasteiger partial charge in [-0.25, -0.2) is 0 Å². The van der Waals surface area contributed by atoms with Crippen molar-refractivity contribution in [1.82, 2.24) is 9.88 Å². The largest absolute Gasteiger partial charge is 0.493 e. The first-order valence-corrected chi connectivity index (χ1v) is 8.79. The zero-order chi connectivity index (χ0) is 17.8. The molecule has 1 atom stereocenters. The molecule has 1 aromatic carbocycles. The zero-order valence-corrected chi connectivity index (χ0v) is 14.8. The molecule has 1 aromatic heterocycles. The number of amides is 1. The number of pyridine rings is 1. The van der Waals surface area contributed by atoms with Crippen LogP contribution in [0.1, 0.15) is 23.4 Å². The SMILES string of the molecule is COc1cc(C2SCC(=O)N2Cc2cccnc2)ccc1OC(C)=O. The van der Waals surface area contributed by atoms with E-state index in [1.165, 1.54) is 14.0 Å². The molecule has 2 heterocycles. The number of hydrogen-bond donors (Lipinski definition) is 0. The molecular weight excluding hydrogens is 340 g/mol. The van der Waals surface area contributed by atoms with E-state index < -0.39 is 5.97 Å². The summed E-state index contributed by atoms with van der Waals surface area (Å²) < 4.78 is 10.5. The van der Waals surface area contributed by atoms with Gasteiger partial charge in [0, 0.05) is 25.9 Å². The molecular formula is C18H18N2O4S. The lowest BCUT2D eigenvalue weighted by molar-refractivity contribution is -0.132. The summed E-state index contributed by atoms with van der Waals surface area (Å²) in [6.07, 6.45) is 3.47. The van der Waals surface area contributed by atoms with Crippen molar-refractivity contribution in [3.8, 4) is 11.5 Å². The molecule has 0 radical (unpaired) electrons. The monoisotopic (exact) mass is 358 g/mol. The average molecular weight is 358 g/mol. The first-order valence-electron chi connectivity index (χ1n) is 7.75. The van der Waals surface area contributed by atoms with Gasteiger partial charge in [0.25, 0.3) is 0 Å². The van der Waals surface area contributed by atoms with Crippen LogP contribution in [0.15, 0.2) is 42.7 Å². The fourth-order valence-corrected chi connectivity index (χ4v) is 3.84. The molecule has 0 saturated carbocycles. The molecule has 6 nitrogen and oxygen atoms in total. The molecule has 2 aromatic rings. The summed E-state index contributed by atoms with van der Waals surface area (Å²) in [6, 6.07) is 9.17. The van der Waals surface area contributed by atoms with Crippen LogP contribution in [-0.2, 0) is 16.1 Å². The lowest BCUT2D eigenvalue weighted by Gasteiger charge is -2.24. The molecule has 25 heavy (non-hydrogen) atoms. The highest BCUT2D eigenvalue weighted by molar-refractivity contribution is 8.00. The highest BCUT2D eigenvalue weighted by Crippen LogP contribution is 2.42. The Morgan fingerprint density at radius 1 is 1.36 bits per heavy atom. The van der Waals surface area contributed by atoms with Crippen LogP contribution in [0.25, 0.3) is 0 Å². The number of aromatic nitrogens is 1.